The standard InChI is InChI=1S/C11H13F3O2/c1-7(2)16-9-5-3-8(4-6-9)10(15)11(12,13)14/h3-7,10,15H,1-2H3. The van der Waals surface area contributed by atoms with Crippen molar-refractivity contribution in [1.82, 2.24) is 0 Å². The van der Waals surface area contributed by atoms with Gasteiger partial charge in [0.15, 0.2) is 6.10 Å². The molecule has 1 atom stereocenters. The van der Waals surface area contributed by atoms with E-state index in [0.717, 1.165) is 0 Å². The number of benzene rings is 1. The van der Waals surface area contributed by atoms with Crippen molar-refractivity contribution in [3.63, 3.8) is 0 Å². The minimum absolute atomic E-state index is 0.0432. The Bertz CT molecular complexity index is 330. The fourth-order valence-corrected chi connectivity index (χ4v) is 1.19. The molecule has 0 fully saturated rings. The van der Waals surface area contributed by atoms with Crippen LogP contribution in [-0.2, 0) is 0 Å². The number of rotatable bonds is 3. The topological polar surface area (TPSA) is 29.5 Å². The van der Waals surface area contributed by atoms with Gasteiger partial charge in [0.2, 0.25) is 0 Å². The summed E-state index contributed by atoms with van der Waals surface area (Å²) in [6.07, 6.45) is -7.13. The van der Waals surface area contributed by atoms with E-state index in [1.807, 2.05) is 13.8 Å². The lowest BCUT2D eigenvalue weighted by molar-refractivity contribution is -0.206. The van der Waals surface area contributed by atoms with Crippen LogP contribution in [0, 0.1) is 0 Å². The number of hydrogen-bond donors (Lipinski definition) is 1. The molecule has 0 saturated heterocycles. The highest BCUT2D eigenvalue weighted by Crippen LogP contribution is 2.32. The van der Waals surface area contributed by atoms with E-state index in [1.54, 1.807) is 0 Å². The van der Waals surface area contributed by atoms with Crippen molar-refractivity contribution >= 4 is 0 Å². The van der Waals surface area contributed by atoms with Crippen LogP contribution < -0.4 is 4.74 Å². The van der Waals surface area contributed by atoms with E-state index in [1.165, 1.54) is 24.3 Å². The molecule has 1 aromatic carbocycles. The summed E-state index contributed by atoms with van der Waals surface area (Å²) in [6.45, 7) is 3.64. The first-order valence-corrected chi connectivity index (χ1v) is 4.82. The first-order chi connectivity index (χ1) is 7.30. The highest BCUT2D eigenvalue weighted by Gasteiger charge is 2.39. The molecule has 1 N–H and O–H groups in total. The molecule has 0 saturated carbocycles. The Balaban J connectivity index is 2.79. The summed E-state index contributed by atoms with van der Waals surface area (Å²) in [5, 5.41) is 8.96. The molecule has 90 valence electrons. The molecule has 0 heterocycles. The Labute approximate surface area is 91.7 Å². The Morgan fingerprint density at radius 3 is 2.00 bits per heavy atom. The molecule has 2 nitrogen and oxygen atoms in total. The second kappa shape index (κ2) is 4.74. The molecule has 16 heavy (non-hydrogen) atoms. The average molecular weight is 234 g/mol. The minimum atomic E-state index is -4.64. The number of ether oxygens (including phenoxy) is 1. The normalized spacial score (nSPS) is 13.9. The van der Waals surface area contributed by atoms with Gasteiger partial charge in [0.1, 0.15) is 5.75 Å². The summed E-state index contributed by atoms with van der Waals surface area (Å²) in [5.74, 6) is 0.480. The fourth-order valence-electron chi connectivity index (χ4n) is 1.19. The second-order valence-corrected chi connectivity index (χ2v) is 3.68. The van der Waals surface area contributed by atoms with E-state index in [-0.39, 0.29) is 11.7 Å². The highest BCUT2D eigenvalue weighted by atomic mass is 19.4. The van der Waals surface area contributed by atoms with Gasteiger partial charge in [0, 0.05) is 0 Å². The molecule has 0 bridgehead atoms. The maximum absolute atomic E-state index is 12.2. The molecule has 0 radical (unpaired) electrons. The summed E-state index contributed by atoms with van der Waals surface area (Å²) < 4.78 is 41.8. The van der Waals surface area contributed by atoms with Gasteiger partial charge in [-0.1, -0.05) is 12.1 Å². The first-order valence-electron chi connectivity index (χ1n) is 4.82. The molecular formula is C11H13F3O2. The summed E-state index contributed by atoms with van der Waals surface area (Å²) in [6, 6.07) is 5.22. The van der Waals surface area contributed by atoms with E-state index in [0.29, 0.717) is 5.75 Å². The van der Waals surface area contributed by atoms with E-state index in [4.69, 9.17) is 9.84 Å². The van der Waals surface area contributed by atoms with Crippen LogP contribution in [0.2, 0.25) is 0 Å². The van der Waals surface area contributed by atoms with Crippen molar-refractivity contribution < 1.29 is 23.0 Å². The Hall–Kier alpha value is -1.23. The van der Waals surface area contributed by atoms with Crippen LogP contribution in [0.25, 0.3) is 0 Å². The number of alkyl halides is 3. The zero-order valence-electron chi connectivity index (χ0n) is 8.95. The lowest BCUT2D eigenvalue weighted by Crippen LogP contribution is -2.20. The third-order valence-corrected chi connectivity index (χ3v) is 1.88. The number of aliphatic hydroxyl groups is 1. The van der Waals surface area contributed by atoms with Crippen LogP contribution in [-0.4, -0.2) is 17.4 Å². The monoisotopic (exact) mass is 234 g/mol. The van der Waals surface area contributed by atoms with Crippen LogP contribution >= 0.6 is 0 Å². The predicted octanol–water partition coefficient (Wildman–Crippen LogP) is 3.07. The van der Waals surface area contributed by atoms with E-state index in [2.05, 4.69) is 0 Å². The molecular weight excluding hydrogens is 221 g/mol. The van der Waals surface area contributed by atoms with Crippen LogP contribution in [0.1, 0.15) is 25.5 Å². The summed E-state index contributed by atoms with van der Waals surface area (Å²) in [7, 11) is 0. The molecule has 0 amide bonds. The lowest BCUT2D eigenvalue weighted by atomic mass is 10.1. The fraction of sp³-hybridized carbons (Fsp3) is 0.455. The Morgan fingerprint density at radius 2 is 1.62 bits per heavy atom. The van der Waals surface area contributed by atoms with Gasteiger partial charge in [0.05, 0.1) is 6.10 Å². The second-order valence-electron chi connectivity index (χ2n) is 3.68. The van der Waals surface area contributed by atoms with Crippen LogP contribution in [0.15, 0.2) is 24.3 Å². The van der Waals surface area contributed by atoms with Crippen molar-refractivity contribution in [2.75, 3.05) is 0 Å². The van der Waals surface area contributed by atoms with Crippen LogP contribution in [0.4, 0.5) is 13.2 Å². The molecule has 1 rings (SSSR count). The van der Waals surface area contributed by atoms with Crippen molar-refractivity contribution in [2.45, 2.75) is 32.2 Å². The van der Waals surface area contributed by atoms with E-state index < -0.39 is 12.3 Å². The van der Waals surface area contributed by atoms with Crippen LogP contribution in [0.3, 0.4) is 0 Å². The first kappa shape index (κ1) is 12.8. The third kappa shape index (κ3) is 3.41. The molecule has 0 spiro atoms. The maximum atomic E-state index is 12.2. The average Bonchev–Trinajstić information content (AvgIpc) is 2.15. The van der Waals surface area contributed by atoms with E-state index in [9.17, 15) is 13.2 Å². The van der Waals surface area contributed by atoms with Gasteiger partial charge in [-0.2, -0.15) is 13.2 Å². The van der Waals surface area contributed by atoms with Crippen LogP contribution in [0.5, 0.6) is 5.75 Å². The number of aliphatic hydroxyl groups excluding tert-OH is 1. The smallest absolute Gasteiger partial charge is 0.418 e. The summed E-state index contributed by atoms with van der Waals surface area (Å²) in [5.41, 5.74) is -0.191. The molecule has 1 aromatic rings. The van der Waals surface area contributed by atoms with Gasteiger partial charge >= 0.3 is 6.18 Å². The zero-order valence-corrected chi connectivity index (χ0v) is 8.95. The molecule has 0 aliphatic carbocycles. The van der Waals surface area contributed by atoms with Gasteiger partial charge < -0.3 is 9.84 Å². The van der Waals surface area contributed by atoms with E-state index >= 15 is 0 Å². The Morgan fingerprint density at radius 1 is 1.12 bits per heavy atom. The zero-order chi connectivity index (χ0) is 12.3. The van der Waals surface area contributed by atoms with Crippen molar-refractivity contribution in [3.8, 4) is 5.75 Å². The van der Waals surface area contributed by atoms with Gasteiger partial charge in [-0.25, -0.2) is 0 Å². The van der Waals surface area contributed by atoms with Gasteiger partial charge in [0.25, 0.3) is 0 Å². The predicted molar refractivity (Wildman–Crippen MR) is 53.2 cm³/mol. The van der Waals surface area contributed by atoms with Crippen molar-refractivity contribution in [2.24, 2.45) is 0 Å². The maximum Gasteiger partial charge on any atom is 0.418 e. The largest absolute Gasteiger partial charge is 0.491 e. The summed E-state index contributed by atoms with van der Waals surface area (Å²) >= 11 is 0. The molecule has 0 aliphatic rings. The third-order valence-electron chi connectivity index (χ3n) is 1.88. The highest BCUT2D eigenvalue weighted by molar-refractivity contribution is 5.29. The lowest BCUT2D eigenvalue weighted by Gasteiger charge is -2.15. The molecule has 0 aromatic heterocycles. The molecule has 5 heteroatoms. The summed E-state index contributed by atoms with van der Waals surface area (Å²) in [4.78, 5) is 0. The van der Waals surface area contributed by atoms with Crippen molar-refractivity contribution in [3.05, 3.63) is 29.8 Å². The number of hydrogen-bond acceptors (Lipinski definition) is 2. The molecule has 1 unspecified atom stereocenters. The van der Waals surface area contributed by atoms with Gasteiger partial charge in [-0.15, -0.1) is 0 Å². The number of halogens is 3. The minimum Gasteiger partial charge on any atom is -0.491 e. The van der Waals surface area contributed by atoms with Gasteiger partial charge in [-0.3, -0.25) is 0 Å². The Kier molecular flexibility index (Phi) is 3.80. The quantitative estimate of drug-likeness (QED) is 0.870. The molecule has 0 aliphatic heterocycles. The SMILES string of the molecule is CC(C)Oc1ccc(C(O)C(F)(F)F)cc1. The van der Waals surface area contributed by atoms with Gasteiger partial charge in [-0.05, 0) is 31.5 Å². The van der Waals surface area contributed by atoms with Crippen molar-refractivity contribution in [1.29, 1.82) is 0 Å².